The minimum Gasteiger partial charge on any atom is -0.393 e. The molecule has 1 aromatic rings. The molecule has 1 heterocycles. The van der Waals surface area contributed by atoms with E-state index < -0.39 is 0 Å². The van der Waals surface area contributed by atoms with Crippen molar-refractivity contribution in [3.63, 3.8) is 0 Å². The van der Waals surface area contributed by atoms with E-state index in [9.17, 15) is 0 Å². The number of rotatable bonds is 6. The molecule has 2 N–H and O–H groups in total. The molecule has 1 atom stereocenters. The minimum atomic E-state index is 0.0891. The van der Waals surface area contributed by atoms with Crippen LogP contribution in [-0.4, -0.2) is 22.7 Å². The van der Waals surface area contributed by atoms with Gasteiger partial charge in [-0.05, 0) is 19.1 Å². The van der Waals surface area contributed by atoms with Gasteiger partial charge in [0.1, 0.15) is 0 Å². The SMILES string of the molecule is CC(CC(N)=S)OCCc1ccccn1. The van der Waals surface area contributed by atoms with E-state index in [4.69, 9.17) is 22.7 Å². The summed E-state index contributed by atoms with van der Waals surface area (Å²) in [6.07, 6.45) is 3.33. The second-order valence-electron chi connectivity index (χ2n) is 3.42. The smallest absolute Gasteiger partial charge is 0.0753 e. The largest absolute Gasteiger partial charge is 0.393 e. The summed E-state index contributed by atoms with van der Waals surface area (Å²) < 4.78 is 5.55. The summed E-state index contributed by atoms with van der Waals surface area (Å²) in [5.41, 5.74) is 6.46. The van der Waals surface area contributed by atoms with Crippen LogP contribution in [0.2, 0.25) is 0 Å². The topological polar surface area (TPSA) is 48.1 Å². The van der Waals surface area contributed by atoms with Gasteiger partial charge in [0.25, 0.3) is 0 Å². The molecule has 0 aliphatic carbocycles. The van der Waals surface area contributed by atoms with Gasteiger partial charge in [-0.15, -0.1) is 0 Å². The van der Waals surface area contributed by atoms with E-state index >= 15 is 0 Å². The lowest BCUT2D eigenvalue weighted by Gasteiger charge is -2.11. The lowest BCUT2D eigenvalue weighted by molar-refractivity contribution is 0.0732. The summed E-state index contributed by atoms with van der Waals surface area (Å²) in [4.78, 5) is 4.71. The van der Waals surface area contributed by atoms with Crippen molar-refractivity contribution in [2.75, 3.05) is 6.61 Å². The summed E-state index contributed by atoms with van der Waals surface area (Å²) >= 11 is 4.80. The fraction of sp³-hybridized carbons (Fsp3) is 0.455. The molecule has 1 aromatic heterocycles. The van der Waals surface area contributed by atoms with Crippen LogP contribution in [0.3, 0.4) is 0 Å². The summed E-state index contributed by atoms with van der Waals surface area (Å²) in [6, 6.07) is 5.86. The Kier molecular flexibility index (Phi) is 5.21. The van der Waals surface area contributed by atoms with Crippen LogP contribution in [0.15, 0.2) is 24.4 Å². The molecule has 4 heteroatoms. The number of hydrogen-bond acceptors (Lipinski definition) is 3. The average Bonchev–Trinajstić information content (AvgIpc) is 2.18. The van der Waals surface area contributed by atoms with Crippen LogP contribution >= 0.6 is 12.2 Å². The fourth-order valence-corrected chi connectivity index (χ4v) is 1.49. The van der Waals surface area contributed by atoms with Crippen molar-refractivity contribution in [2.24, 2.45) is 5.73 Å². The van der Waals surface area contributed by atoms with Crippen molar-refractivity contribution in [3.8, 4) is 0 Å². The number of nitrogens with zero attached hydrogens (tertiary/aromatic N) is 1. The van der Waals surface area contributed by atoms with Gasteiger partial charge in [-0.25, -0.2) is 0 Å². The summed E-state index contributed by atoms with van der Waals surface area (Å²) in [7, 11) is 0. The van der Waals surface area contributed by atoms with Gasteiger partial charge in [-0.2, -0.15) is 0 Å². The first-order valence-electron chi connectivity index (χ1n) is 4.98. The molecule has 82 valence electrons. The molecule has 3 nitrogen and oxygen atoms in total. The van der Waals surface area contributed by atoms with Gasteiger partial charge in [0.2, 0.25) is 0 Å². The molecule has 15 heavy (non-hydrogen) atoms. The first-order valence-corrected chi connectivity index (χ1v) is 5.39. The highest BCUT2D eigenvalue weighted by Gasteiger charge is 2.03. The van der Waals surface area contributed by atoms with E-state index in [1.807, 2.05) is 25.1 Å². The Bertz CT molecular complexity index is 303. The predicted octanol–water partition coefficient (Wildman–Crippen LogP) is 1.71. The van der Waals surface area contributed by atoms with E-state index in [1.54, 1.807) is 6.20 Å². The molecule has 0 spiro atoms. The highest BCUT2D eigenvalue weighted by atomic mass is 32.1. The fourth-order valence-electron chi connectivity index (χ4n) is 1.25. The summed E-state index contributed by atoms with van der Waals surface area (Å²) in [5, 5.41) is 0. The Morgan fingerprint density at radius 1 is 1.60 bits per heavy atom. The van der Waals surface area contributed by atoms with Crippen LogP contribution in [0.4, 0.5) is 0 Å². The molecule has 0 bridgehead atoms. The van der Waals surface area contributed by atoms with Gasteiger partial charge in [0.15, 0.2) is 0 Å². The third-order valence-corrected chi connectivity index (χ3v) is 2.14. The Balaban J connectivity index is 2.19. The van der Waals surface area contributed by atoms with Gasteiger partial charge >= 0.3 is 0 Å². The third kappa shape index (κ3) is 5.44. The number of thiocarbonyl (C=S) groups is 1. The normalized spacial score (nSPS) is 12.3. The van der Waals surface area contributed by atoms with E-state index in [2.05, 4.69) is 4.98 Å². The summed E-state index contributed by atoms with van der Waals surface area (Å²) in [6.45, 7) is 2.62. The molecule has 0 saturated heterocycles. The van der Waals surface area contributed by atoms with E-state index in [-0.39, 0.29) is 6.10 Å². The first kappa shape index (κ1) is 12.1. The van der Waals surface area contributed by atoms with Crippen LogP contribution in [0.25, 0.3) is 0 Å². The van der Waals surface area contributed by atoms with Crippen molar-refractivity contribution in [1.82, 2.24) is 4.98 Å². The van der Waals surface area contributed by atoms with Crippen LogP contribution in [0.5, 0.6) is 0 Å². The second-order valence-corrected chi connectivity index (χ2v) is 3.95. The van der Waals surface area contributed by atoms with E-state index in [0.29, 0.717) is 18.0 Å². The lowest BCUT2D eigenvalue weighted by atomic mass is 10.2. The van der Waals surface area contributed by atoms with Crippen molar-refractivity contribution in [3.05, 3.63) is 30.1 Å². The summed E-state index contributed by atoms with van der Waals surface area (Å²) in [5.74, 6) is 0. The zero-order valence-electron chi connectivity index (χ0n) is 8.85. The average molecular weight is 224 g/mol. The highest BCUT2D eigenvalue weighted by Crippen LogP contribution is 2.00. The standard InChI is InChI=1S/C11H16N2OS/c1-9(8-11(12)15)14-7-5-10-4-2-3-6-13-10/h2-4,6,9H,5,7-8H2,1H3,(H2,12,15). The quantitative estimate of drug-likeness (QED) is 0.747. The maximum Gasteiger partial charge on any atom is 0.0753 e. The lowest BCUT2D eigenvalue weighted by Crippen LogP contribution is -2.19. The molecule has 0 amide bonds. The number of nitrogens with two attached hydrogens (primary N) is 1. The Morgan fingerprint density at radius 3 is 3.00 bits per heavy atom. The van der Waals surface area contributed by atoms with Crippen molar-refractivity contribution < 1.29 is 4.74 Å². The van der Waals surface area contributed by atoms with E-state index in [1.165, 1.54) is 0 Å². The molecular weight excluding hydrogens is 208 g/mol. The third-order valence-electron chi connectivity index (χ3n) is 1.98. The molecule has 0 aromatic carbocycles. The predicted molar refractivity (Wildman–Crippen MR) is 64.8 cm³/mol. The number of hydrogen-bond donors (Lipinski definition) is 1. The minimum absolute atomic E-state index is 0.0891. The number of ether oxygens (including phenoxy) is 1. The molecule has 0 radical (unpaired) electrons. The van der Waals surface area contributed by atoms with Crippen molar-refractivity contribution in [2.45, 2.75) is 25.9 Å². The number of pyridine rings is 1. The van der Waals surface area contributed by atoms with Crippen molar-refractivity contribution in [1.29, 1.82) is 0 Å². The Labute approximate surface area is 95.7 Å². The molecule has 0 saturated carbocycles. The maximum absolute atomic E-state index is 5.55. The zero-order valence-corrected chi connectivity index (χ0v) is 9.67. The van der Waals surface area contributed by atoms with Gasteiger partial charge in [0, 0.05) is 24.7 Å². The van der Waals surface area contributed by atoms with Gasteiger partial charge in [-0.3, -0.25) is 4.98 Å². The van der Waals surface area contributed by atoms with Gasteiger partial charge in [0.05, 0.1) is 17.7 Å². The maximum atomic E-state index is 5.55. The highest BCUT2D eigenvalue weighted by molar-refractivity contribution is 7.80. The zero-order chi connectivity index (χ0) is 11.1. The van der Waals surface area contributed by atoms with Crippen LogP contribution in [0, 0.1) is 0 Å². The van der Waals surface area contributed by atoms with Gasteiger partial charge in [-0.1, -0.05) is 18.3 Å². The van der Waals surface area contributed by atoms with Crippen LogP contribution < -0.4 is 5.73 Å². The molecular formula is C11H16N2OS. The van der Waals surface area contributed by atoms with Crippen LogP contribution in [-0.2, 0) is 11.2 Å². The molecule has 0 aliphatic rings. The monoisotopic (exact) mass is 224 g/mol. The molecule has 0 fully saturated rings. The Morgan fingerprint density at radius 2 is 2.40 bits per heavy atom. The van der Waals surface area contributed by atoms with Crippen molar-refractivity contribution >= 4 is 17.2 Å². The van der Waals surface area contributed by atoms with E-state index in [0.717, 1.165) is 12.1 Å². The van der Waals surface area contributed by atoms with Gasteiger partial charge < -0.3 is 10.5 Å². The molecule has 1 unspecified atom stereocenters. The number of aromatic nitrogens is 1. The van der Waals surface area contributed by atoms with Crippen LogP contribution in [0.1, 0.15) is 19.0 Å². The second kappa shape index (κ2) is 6.48. The first-order chi connectivity index (χ1) is 7.18. The Hall–Kier alpha value is -1.00. The molecule has 0 aliphatic heterocycles. The molecule has 1 rings (SSSR count).